The molecular weight excluding hydrogens is 414 g/mol. The van der Waals surface area contributed by atoms with Gasteiger partial charge in [-0.15, -0.1) is 0 Å². The van der Waals surface area contributed by atoms with E-state index in [-0.39, 0.29) is 57.1 Å². The van der Waals surface area contributed by atoms with Crippen LogP contribution in [-0.2, 0) is 9.59 Å². The molecule has 2 rings (SSSR count). The van der Waals surface area contributed by atoms with Crippen molar-refractivity contribution in [1.29, 1.82) is 0 Å². The largest absolute Gasteiger partial charge is 0.302 e. The van der Waals surface area contributed by atoms with Crippen LogP contribution in [0.3, 0.4) is 0 Å². The van der Waals surface area contributed by atoms with Crippen LogP contribution in [0, 0.1) is 5.92 Å². The molecule has 2 N–H and O–H groups in total. The molecule has 0 aromatic heterocycles. The molecular formula is C23H45N3O2S2. The second kappa shape index (κ2) is 13.3. The van der Waals surface area contributed by atoms with Crippen LogP contribution in [0.2, 0.25) is 0 Å². The lowest BCUT2D eigenvalue weighted by molar-refractivity contribution is -0.129. The Balaban J connectivity index is 0.00000420. The summed E-state index contributed by atoms with van der Waals surface area (Å²) in [6.07, 6.45) is 10.5. The minimum Gasteiger partial charge on any atom is -0.302 e. The highest BCUT2D eigenvalue weighted by atomic mass is 32.1. The van der Waals surface area contributed by atoms with Gasteiger partial charge in [-0.2, -0.15) is 27.0 Å². The molecule has 1 fully saturated rings. The standard InChI is InChI=1S/C23H41N3O2.2H2S/c1-18(2)21(28)22(5)12-10-8-6-7-9-11-14-26-15-13-23(17-26,25-19(3)4)20(27)16-24-22;;/h9,11,18-19,24-25H,6-8,10,12-17H2,1-5H3;2*1H2/t22-,23-;;/m0../s1. The average Bonchev–Trinajstić information content (AvgIpc) is 3.03. The Labute approximate surface area is 198 Å². The van der Waals surface area contributed by atoms with Crippen LogP contribution in [0.4, 0.5) is 0 Å². The van der Waals surface area contributed by atoms with Gasteiger partial charge in [0.15, 0.2) is 11.6 Å². The summed E-state index contributed by atoms with van der Waals surface area (Å²) in [7, 11) is 0. The van der Waals surface area contributed by atoms with Crippen LogP contribution in [0.25, 0.3) is 0 Å². The highest BCUT2D eigenvalue weighted by molar-refractivity contribution is 7.59. The van der Waals surface area contributed by atoms with Gasteiger partial charge in [0, 0.05) is 31.6 Å². The summed E-state index contributed by atoms with van der Waals surface area (Å²) in [5.74, 6) is 0.358. The van der Waals surface area contributed by atoms with E-state index < -0.39 is 11.1 Å². The fourth-order valence-electron chi connectivity index (χ4n) is 4.66. The van der Waals surface area contributed by atoms with Crippen molar-refractivity contribution < 1.29 is 9.59 Å². The van der Waals surface area contributed by atoms with Crippen molar-refractivity contribution in [1.82, 2.24) is 15.5 Å². The summed E-state index contributed by atoms with van der Waals surface area (Å²) in [4.78, 5) is 28.7. The highest BCUT2D eigenvalue weighted by Gasteiger charge is 2.45. The Morgan fingerprint density at radius 3 is 2.43 bits per heavy atom. The molecule has 2 heterocycles. The van der Waals surface area contributed by atoms with Gasteiger partial charge in [-0.1, -0.05) is 38.8 Å². The first kappa shape index (κ1) is 29.7. The molecule has 0 saturated carbocycles. The highest BCUT2D eigenvalue weighted by Crippen LogP contribution is 2.25. The summed E-state index contributed by atoms with van der Waals surface area (Å²) in [5.41, 5.74) is -1.14. The normalized spacial score (nSPS) is 30.9. The topological polar surface area (TPSA) is 61.4 Å². The molecule has 2 aliphatic rings. The molecule has 1 saturated heterocycles. The maximum Gasteiger partial charge on any atom is 0.167 e. The van der Waals surface area contributed by atoms with Crippen LogP contribution in [0.1, 0.15) is 73.1 Å². The number of carbonyl (C=O) groups is 2. The third kappa shape index (κ3) is 7.97. The SMILES string of the molecule is CC(C)N[C@]12CCN(CC=CCCCCC[C@@](C)(C(=O)C(C)C)NCC1=O)C2.S.S. The fourth-order valence-corrected chi connectivity index (χ4v) is 4.66. The van der Waals surface area contributed by atoms with Crippen molar-refractivity contribution >= 4 is 38.6 Å². The molecule has 7 heteroatoms. The number of carbonyl (C=O) groups excluding carboxylic acids is 2. The molecule has 0 aromatic carbocycles. The molecule has 30 heavy (non-hydrogen) atoms. The summed E-state index contributed by atoms with van der Waals surface area (Å²) >= 11 is 0. The van der Waals surface area contributed by atoms with Gasteiger partial charge in [0.1, 0.15) is 0 Å². The van der Waals surface area contributed by atoms with Gasteiger partial charge in [-0.05, 0) is 46.5 Å². The van der Waals surface area contributed by atoms with Gasteiger partial charge >= 0.3 is 0 Å². The lowest BCUT2D eigenvalue weighted by atomic mass is 9.83. The number of rotatable bonds is 4. The number of allylic oxidation sites excluding steroid dienone is 1. The number of Topliss-reactive ketones (excluding diaryl/α,β-unsaturated/α-hetero) is 2. The molecule has 2 aliphatic heterocycles. The Morgan fingerprint density at radius 2 is 1.80 bits per heavy atom. The van der Waals surface area contributed by atoms with Gasteiger partial charge < -0.3 is 5.32 Å². The number of nitrogens with zero attached hydrogens (tertiary/aromatic N) is 1. The predicted molar refractivity (Wildman–Crippen MR) is 136 cm³/mol. The van der Waals surface area contributed by atoms with Crippen molar-refractivity contribution in [3.05, 3.63) is 12.2 Å². The van der Waals surface area contributed by atoms with Gasteiger partial charge in [0.05, 0.1) is 17.6 Å². The summed E-state index contributed by atoms with van der Waals surface area (Å²) in [6, 6.07) is 0.241. The van der Waals surface area contributed by atoms with E-state index in [4.69, 9.17) is 0 Å². The molecule has 176 valence electrons. The maximum atomic E-state index is 13.4. The molecule has 1 unspecified atom stereocenters. The molecule has 0 amide bonds. The van der Waals surface area contributed by atoms with Gasteiger partial charge in [0.25, 0.3) is 0 Å². The van der Waals surface area contributed by atoms with Gasteiger partial charge in [-0.3, -0.25) is 19.8 Å². The smallest absolute Gasteiger partial charge is 0.167 e. The first-order valence-electron chi connectivity index (χ1n) is 11.2. The van der Waals surface area contributed by atoms with Crippen LogP contribution >= 0.6 is 27.0 Å². The maximum absolute atomic E-state index is 13.4. The zero-order valence-electron chi connectivity index (χ0n) is 19.6. The molecule has 0 spiro atoms. The second-order valence-corrected chi connectivity index (χ2v) is 9.56. The number of fused-ring (bicyclic) bond motifs is 2. The van der Waals surface area contributed by atoms with E-state index in [9.17, 15) is 9.59 Å². The van der Waals surface area contributed by atoms with E-state index in [1.54, 1.807) is 0 Å². The number of ketones is 2. The minimum absolute atomic E-state index is 0. The van der Waals surface area contributed by atoms with E-state index in [0.29, 0.717) is 0 Å². The van der Waals surface area contributed by atoms with Crippen LogP contribution < -0.4 is 10.6 Å². The van der Waals surface area contributed by atoms with E-state index in [1.807, 2.05) is 20.8 Å². The Morgan fingerprint density at radius 1 is 1.10 bits per heavy atom. The second-order valence-electron chi connectivity index (χ2n) is 9.56. The Hall–Kier alpha value is -0.340. The van der Waals surface area contributed by atoms with Crippen molar-refractivity contribution in [3.63, 3.8) is 0 Å². The monoisotopic (exact) mass is 459 g/mol. The van der Waals surface area contributed by atoms with Crippen molar-refractivity contribution in [2.24, 2.45) is 5.92 Å². The third-order valence-corrected chi connectivity index (χ3v) is 6.23. The van der Waals surface area contributed by atoms with E-state index in [0.717, 1.165) is 58.2 Å². The zero-order valence-corrected chi connectivity index (χ0v) is 21.6. The van der Waals surface area contributed by atoms with E-state index in [1.165, 1.54) is 0 Å². The van der Waals surface area contributed by atoms with Crippen molar-refractivity contribution in [2.45, 2.75) is 90.3 Å². The molecule has 5 nitrogen and oxygen atoms in total. The molecule has 0 aliphatic carbocycles. The molecule has 2 bridgehead atoms. The summed E-state index contributed by atoms with van der Waals surface area (Å²) < 4.78 is 0. The van der Waals surface area contributed by atoms with Gasteiger partial charge in [0.2, 0.25) is 0 Å². The molecule has 0 aromatic rings. The summed E-state index contributed by atoms with van der Waals surface area (Å²) in [5, 5.41) is 6.97. The third-order valence-electron chi connectivity index (χ3n) is 6.23. The zero-order chi connectivity index (χ0) is 20.8. The van der Waals surface area contributed by atoms with E-state index in [2.05, 4.69) is 41.5 Å². The van der Waals surface area contributed by atoms with Gasteiger partial charge in [-0.25, -0.2) is 0 Å². The lowest BCUT2D eigenvalue weighted by Gasteiger charge is -2.35. The Bertz CT molecular complexity index is 583. The quantitative estimate of drug-likeness (QED) is 0.632. The average molecular weight is 460 g/mol. The predicted octanol–water partition coefficient (Wildman–Crippen LogP) is 3.32. The Kier molecular flexibility index (Phi) is 13.1. The van der Waals surface area contributed by atoms with Crippen LogP contribution in [-0.4, -0.2) is 59.8 Å². The molecule has 0 radical (unpaired) electrons. The first-order chi connectivity index (χ1) is 13.2. The number of hydrogen-bond acceptors (Lipinski definition) is 5. The fraction of sp³-hybridized carbons (Fsp3) is 0.826. The minimum atomic E-state index is -0.628. The van der Waals surface area contributed by atoms with Crippen LogP contribution in [0.15, 0.2) is 12.2 Å². The molecule has 3 atom stereocenters. The lowest BCUT2D eigenvalue weighted by Crippen LogP contribution is -2.61. The first-order valence-corrected chi connectivity index (χ1v) is 11.2. The van der Waals surface area contributed by atoms with Crippen LogP contribution in [0.5, 0.6) is 0 Å². The summed E-state index contributed by atoms with van der Waals surface area (Å²) in [6.45, 7) is 12.9. The number of hydrogen-bond donors (Lipinski definition) is 2. The van der Waals surface area contributed by atoms with E-state index >= 15 is 0 Å². The number of nitrogens with one attached hydrogen (secondary N) is 2. The van der Waals surface area contributed by atoms with Crippen molar-refractivity contribution in [2.75, 3.05) is 26.2 Å². The van der Waals surface area contributed by atoms with Crippen molar-refractivity contribution in [3.8, 4) is 0 Å².